The minimum atomic E-state index is -0.162. The van der Waals surface area contributed by atoms with E-state index in [1.54, 1.807) is 12.3 Å². The van der Waals surface area contributed by atoms with E-state index < -0.39 is 0 Å². The first kappa shape index (κ1) is 20.5. The predicted octanol–water partition coefficient (Wildman–Crippen LogP) is 5.46. The van der Waals surface area contributed by atoms with Gasteiger partial charge >= 0.3 is 0 Å². The van der Waals surface area contributed by atoms with Crippen molar-refractivity contribution in [3.8, 4) is 34.1 Å². The number of carbonyl (C=O) groups is 1. The highest BCUT2D eigenvalue weighted by Crippen LogP contribution is 2.35. The third kappa shape index (κ3) is 4.46. The third-order valence-corrected chi connectivity index (χ3v) is 5.93. The van der Waals surface area contributed by atoms with Gasteiger partial charge in [-0.3, -0.25) is 4.79 Å². The van der Waals surface area contributed by atoms with E-state index in [4.69, 9.17) is 25.5 Å². The van der Waals surface area contributed by atoms with E-state index >= 15 is 0 Å². The monoisotopic (exact) mass is 467 g/mol. The second-order valence-electron chi connectivity index (χ2n) is 7.04. The quantitative estimate of drug-likeness (QED) is 0.405. The van der Waals surface area contributed by atoms with E-state index in [1.807, 2.05) is 41.8 Å². The topological polar surface area (TPSA) is 86.5 Å². The fourth-order valence-corrected chi connectivity index (χ4v) is 4.24. The Morgan fingerprint density at radius 1 is 1.12 bits per heavy atom. The lowest BCUT2D eigenvalue weighted by molar-refractivity contribution is -0.116. The molecule has 0 unspecified atom stereocenters. The van der Waals surface area contributed by atoms with Crippen LogP contribution in [-0.4, -0.2) is 29.1 Å². The number of aryl methyl sites for hydroxylation is 1. The molecule has 0 saturated carbocycles. The molecular weight excluding hydrogens is 450 g/mol. The molecule has 4 aromatic rings. The van der Waals surface area contributed by atoms with Crippen LogP contribution in [0.1, 0.15) is 12.3 Å². The number of hydrogen-bond acceptors (Lipinski definition) is 7. The van der Waals surface area contributed by atoms with Gasteiger partial charge in [-0.1, -0.05) is 23.7 Å². The van der Waals surface area contributed by atoms with E-state index in [9.17, 15) is 4.79 Å². The Balaban J connectivity index is 1.19. The van der Waals surface area contributed by atoms with Gasteiger partial charge in [0.05, 0.1) is 16.9 Å². The third-order valence-electron chi connectivity index (χ3n) is 4.85. The zero-order valence-electron chi connectivity index (χ0n) is 16.8. The van der Waals surface area contributed by atoms with Crippen molar-refractivity contribution in [2.24, 2.45) is 0 Å². The van der Waals surface area contributed by atoms with Gasteiger partial charge in [0.25, 0.3) is 0 Å². The molecule has 1 aliphatic heterocycles. The predicted molar refractivity (Wildman–Crippen MR) is 122 cm³/mol. The summed E-state index contributed by atoms with van der Waals surface area (Å²) in [7, 11) is 0. The number of nitrogens with one attached hydrogen (secondary N) is 1. The maximum absolute atomic E-state index is 12.4. The number of thiazole rings is 1. The fourth-order valence-electron chi connectivity index (χ4n) is 3.28. The Morgan fingerprint density at radius 3 is 2.84 bits per heavy atom. The van der Waals surface area contributed by atoms with Gasteiger partial charge in [0.2, 0.25) is 5.91 Å². The fraction of sp³-hybridized carbons (Fsp3) is 0.174. The molecule has 1 N–H and O–H groups in total. The number of rotatable bonds is 6. The van der Waals surface area contributed by atoms with Crippen LogP contribution in [0.2, 0.25) is 5.02 Å². The van der Waals surface area contributed by atoms with E-state index in [-0.39, 0.29) is 12.3 Å². The highest BCUT2D eigenvalue weighted by atomic mass is 35.5. The number of halogens is 1. The molecule has 0 atom stereocenters. The molecule has 0 spiro atoms. The maximum atomic E-state index is 12.4. The molecule has 7 nitrogen and oxygen atoms in total. The minimum absolute atomic E-state index is 0.162. The molecule has 2 aromatic carbocycles. The van der Waals surface area contributed by atoms with E-state index in [1.165, 1.54) is 11.3 Å². The number of ether oxygens (including phenoxy) is 2. The number of fused-ring (bicyclic) bond motifs is 1. The molecule has 0 aliphatic carbocycles. The Labute approximate surface area is 193 Å². The van der Waals surface area contributed by atoms with Crippen molar-refractivity contribution < 1.29 is 18.7 Å². The summed E-state index contributed by atoms with van der Waals surface area (Å²) in [5.74, 6) is 2.33. The summed E-state index contributed by atoms with van der Waals surface area (Å²) in [6.07, 6.45) is 2.22. The van der Waals surface area contributed by atoms with Crippen LogP contribution in [0.3, 0.4) is 0 Å². The van der Waals surface area contributed by atoms with Gasteiger partial charge < -0.3 is 19.2 Å². The highest BCUT2D eigenvalue weighted by Gasteiger charge is 2.15. The molecule has 1 amide bonds. The molecule has 3 heterocycles. The number of amides is 1. The molecule has 5 rings (SSSR count). The van der Waals surface area contributed by atoms with Crippen LogP contribution >= 0.6 is 22.9 Å². The molecule has 2 aromatic heterocycles. The van der Waals surface area contributed by atoms with E-state index in [0.717, 1.165) is 22.6 Å². The summed E-state index contributed by atoms with van der Waals surface area (Å²) in [5, 5.41) is 5.85. The van der Waals surface area contributed by atoms with Crippen LogP contribution in [-0.2, 0) is 11.2 Å². The van der Waals surface area contributed by atoms with E-state index in [0.29, 0.717) is 47.2 Å². The van der Waals surface area contributed by atoms with Gasteiger partial charge in [-0.05, 0) is 30.3 Å². The molecule has 0 radical (unpaired) electrons. The molecule has 0 saturated heterocycles. The molecule has 162 valence electrons. The first-order valence-corrected chi connectivity index (χ1v) is 11.3. The summed E-state index contributed by atoms with van der Waals surface area (Å²) in [4.78, 5) is 21.1. The van der Waals surface area contributed by atoms with Gasteiger partial charge in [-0.2, -0.15) is 0 Å². The highest BCUT2D eigenvalue weighted by molar-refractivity contribution is 7.14. The summed E-state index contributed by atoms with van der Waals surface area (Å²) < 4.78 is 16.9. The van der Waals surface area contributed by atoms with Crippen molar-refractivity contribution in [3.05, 3.63) is 65.0 Å². The molecule has 0 fully saturated rings. The van der Waals surface area contributed by atoms with Crippen LogP contribution in [0.25, 0.3) is 22.6 Å². The first-order chi connectivity index (χ1) is 15.7. The van der Waals surface area contributed by atoms with Crippen LogP contribution < -0.4 is 14.8 Å². The SMILES string of the molecule is O=C(CCc1ncc(-c2ccccc2Cl)o1)Nc1nc(-c2ccc3c(c2)OCCO3)cs1. The van der Waals surface area contributed by atoms with Crippen LogP contribution in [0.4, 0.5) is 5.13 Å². The standard InChI is InChI=1S/C23H18ClN3O4S/c24-16-4-2-1-3-15(16)20-12-25-22(31-20)8-7-21(28)27-23-26-17(13-32-23)14-5-6-18-19(11-14)30-10-9-29-18/h1-6,11-13H,7-10H2,(H,26,27,28). The van der Waals surface area contributed by atoms with Crippen molar-refractivity contribution in [1.29, 1.82) is 0 Å². The van der Waals surface area contributed by atoms with Gasteiger partial charge in [0.1, 0.15) is 13.2 Å². The van der Waals surface area contributed by atoms with Crippen LogP contribution in [0.15, 0.2) is 58.5 Å². The summed E-state index contributed by atoms with van der Waals surface area (Å²) in [6.45, 7) is 1.08. The zero-order chi connectivity index (χ0) is 21.9. The van der Waals surface area contributed by atoms with Crippen molar-refractivity contribution in [2.75, 3.05) is 18.5 Å². The Kier molecular flexibility index (Phi) is 5.79. The van der Waals surface area contributed by atoms with Crippen LogP contribution in [0, 0.1) is 0 Å². The number of anilines is 1. The number of aromatic nitrogens is 2. The van der Waals surface area contributed by atoms with Gasteiger partial charge in [-0.25, -0.2) is 9.97 Å². The van der Waals surface area contributed by atoms with Crippen molar-refractivity contribution in [2.45, 2.75) is 12.8 Å². The van der Waals surface area contributed by atoms with Crippen molar-refractivity contribution >= 4 is 34.0 Å². The van der Waals surface area contributed by atoms with Crippen LogP contribution in [0.5, 0.6) is 11.5 Å². The molecule has 9 heteroatoms. The molecule has 32 heavy (non-hydrogen) atoms. The van der Waals surface area contributed by atoms with Gasteiger partial charge in [-0.15, -0.1) is 11.3 Å². The average Bonchev–Trinajstić information content (AvgIpc) is 3.47. The zero-order valence-corrected chi connectivity index (χ0v) is 18.4. The lowest BCUT2D eigenvalue weighted by Crippen LogP contribution is -2.15. The smallest absolute Gasteiger partial charge is 0.226 e. The largest absolute Gasteiger partial charge is 0.486 e. The molecule has 0 bridgehead atoms. The van der Waals surface area contributed by atoms with Crippen molar-refractivity contribution in [3.63, 3.8) is 0 Å². The summed E-state index contributed by atoms with van der Waals surface area (Å²) >= 11 is 7.56. The maximum Gasteiger partial charge on any atom is 0.226 e. The number of benzene rings is 2. The Hall–Kier alpha value is -3.36. The number of hydrogen-bond donors (Lipinski definition) is 1. The molecule has 1 aliphatic rings. The second-order valence-corrected chi connectivity index (χ2v) is 8.31. The van der Waals surface area contributed by atoms with Crippen molar-refractivity contribution in [1.82, 2.24) is 9.97 Å². The Bertz CT molecular complexity index is 1270. The normalized spacial score (nSPS) is 12.5. The Morgan fingerprint density at radius 2 is 1.97 bits per heavy atom. The summed E-state index contributed by atoms with van der Waals surface area (Å²) in [5.41, 5.74) is 2.43. The molecular formula is C23H18ClN3O4S. The first-order valence-electron chi connectivity index (χ1n) is 10.0. The lowest BCUT2D eigenvalue weighted by Gasteiger charge is -2.18. The lowest BCUT2D eigenvalue weighted by atomic mass is 10.1. The van der Waals surface area contributed by atoms with Gasteiger partial charge in [0, 0.05) is 29.3 Å². The minimum Gasteiger partial charge on any atom is -0.486 e. The average molecular weight is 468 g/mol. The van der Waals surface area contributed by atoms with E-state index in [2.05, 4.69) is 15.3 Å². The second kappa shape index (κ2) is 9.02. The number of oxazole rings is 1. The summed E-state index contributed by atoms with van der Waals surface area (Å²) in [6, 6.07) is 13.1. The van der Waals surface area contributed by atoms with Gasteiger partial charge in [0.15, 0.2) is 28.3 Å². The number of carbonyl (C=O) groups excluding carboxylic acids is 1. The number of nitrogens with zero attached hydrogens (tertiary/aromatic N) is 2.